The molecule has 0 saturated carbocycles. The average molecular weight is 348 g/mol. The summed E-state index contributed by atoms with van der Waals surface area (Å²) in [5.41, 5.74) is 3.87. The predicted octanol–water partition coefficient (Wildman–Crippen LogP) is 4.68. The number of nitrogens with one attached hydrogen (secondary N) is 1. The van der Waals surface area contributed by atoms with E-state index in [0.29, 0.717) is 16.5 Å². The summed E-state index contributed by atoms with van der Waals surface area (Å²) < 4.78 is 10.9. The molecule has 5 heteroatoms. The van der Waals surface area contributed by atoms with E-state index in [0.717, 1.165) is 22.4 Å². The minimum atomic E-state index is -0.634. The highest BCUT2D eigenvalue weighted by Crippen LogP contribution is 2.28. The lowest BCUT2D eigenvalue weighted by atomic mass is 10.1. The Labute approximate surface area is 147 Å². The normalized spacial score (nSPS) is 11.8. The first-order valence-corrected chi connectivity index (χ1v) is 8.08. The lowest BCUT2D eigenvalue weighted by Crippen LogP contribution is -2.30. The van der Waals surface area contributed by atoms with Crippen LogP contribution in [-0.4, -0.2) is 19.1 Å². The standard InChI is InChI=1S/C19H22ClNO3/c1-11-8-12(2)13(3)18(9-11)24-14(4)19(22)21-15-6-7-17(23-5)16(20)10-15/h6-10,14H,1-5H3,(H,21,22)/t14-/m0/s1. The molecule has 0 aliphatic heterocycles. The summed E-state index contributed by atoms with van der Waals surface area (Å²) in [6.45, 7) is 7.73. The number of carbonyl (C=O) groups is 1. The zero-order valence-corrected chi connectivity index (χ0v) is 15.3. The van der Waals surface area contributed by atoms with Crippen molar-refractivity contribution in [2.75, 3.05) is 12.4 Å². The van der Waals surface area contributed by atoms with Crippen molar-refractivity contribution in [3.8, 4) is 11.5 Å². The smallest absolute Gasteiger partial charge is 0.265 e. The molecule has 0 aliphatic carbocycles. The molecule has 1 atom stereocenters. The van der Waals surface area contributed by atoms with Crippen LogP contribution in [0.1, 0.15) is 23.6 Å². The summed E-state index contributed by atoms with van der Waals surface area (Å²) in [5, 5.41) is 3.24. The number of halogens is 1. The summed E-state index contributed by atoms with van der Waals surface area (Å²) in [4.78, 5) is 12.4. The van der Waals surface area contributed by atoms with Gasteiger partial charge in [0.2, 0.25) is 0 Å². The van der Waals surface area contributed by atoms with Gasteiger partial charge in [0, 0.05) is 5.69 Å². The van der Waals surface area contributed by atoms with E-state index < -0.39 is 6.10 Å². The van der Waals surface area contributed by atoms with E-state index >= 15 is 0 Å². The lowest BCUT2D eigenvalue weighted by Gasteiger charge is -2.18. The van der Waals surface area contributed by atoms with Gasteiger partial charge in [0.25, 0.3) is 5.91 Å². The first-order valence-electron chi connectivity index (χ1n) is 7.70. The number of rotatable bonds is 5. The zero-order chi connectivity index (χ0) is 17.9. The number of anilines is 1. The molecule has 2 rings (SSSR count). The Morgan fingerprint density at radius 3 is 2.46 bits per heavy atom. The maximum Gasteiger partial charge on any atom is 0.265 e. The fourth-order valence-electron chi connectivity index (χ4n) is 2.36. The molecular weight excluding hydrogens is 326 g/mol. The maximum absolute atomic E-state index is 12.4. The topological polar surface area (TPSA) is 47.6 Å². The van der Waals surface area contributed by atoms with Crippen LogP contribution < -0.4 is 14.8 Å². The molecule has 0 saturated heterocycles. The van der Waals surface area contributed by atoms with Gasteiger partial charge in [0.15, 0.2) is 6.10 Å². The number of carbonyl (C=O) groups excluding carboxylic acids is 1. The largest absolute Gasteiger partial charge is 0.495 e. The molecule has 0 radical (unpaired) electrons. The highest BCUT2D eigenvalue weighted by molar-refractivity contribution is 6.32. The molecule has 1 amide bonds. The van der Waals surface area contributed by atoms with Crippen LogP contribution in [0.15, 0.2) is 30.3 Å². The van der Waals surface area contributed by atoms with Crippen LogP contribution >= 0.6 is 11.6 Å². The number of methoxy groups -OCH3 is 1. The predicted molar refractivity (Wildman–Crippen MR) is 97.4 cm³/mol. The van der Waals surface area contributed by atoms with Crippen LogP contribution in [0.2, 0.25) is 5.02 Å². The maximum atomic E-state index is 12.4. The minimum Gasteiger partial charge on any atom is -0.495 e. The van der Waals surface area contributed by atoms with Crippen molar-refractivity contribution >= 4 is 23.2 Å². The van der Waals surface area contributed by atoms with Crippen LogP contribution in [0.25, 0.3) is 0 Å². The van der Waals surface area contributed by atoms with Gasteiger partial charge in [-0.25, -0.2) is 0 Å². The second-order valence-corrected chi connectivity index (χ2v) is 6.21. The SMILES string of the molecule is COc1ccc(NC(=O)[C@H](C)Oc2cc(C)cc(C)c2C)cc1Cl. The van der Waals surface area contributed by atoms with Gasteiger partial charge in [-0.2, -0.15) is 0 Å². The Kier molecular flexibility index (Phi) is 5.73. The van der Waals surface area contributed by atoms with Crippen LogP contribution in [-0.2, 0) is 4.79 Å². The van der Waals surface area contributed by atoms with Crippen molar-refractivity contribution in [2.24, 2.45) is 0 Å². The second kappa shape index (κ2) is 7.58. The third-order valence-electron chi connectivity index (χ3n) is 3.86. The fourth-order valence-corrected chi connectivity index (χ4v) is 2.61. The van der Waals surface area contributed by atoms with Crippen molar-refractivity contribution in [2.45, 2.75) is 33.8 Å². The molecule has 1 N–H and O–H groups in total. The van der Waals surface area contributed by atoms with E-state index in [1.54, 1.807) is 32.2 Å². The Balaban J connectivity index is 2.09. The molecule has 4 nitrogen and oxygen atoms in total. The second-order valence-electron chi connectivity index (χ2n) is 5.80. The quantitative estimate of drug-likeness (QED) is 0.854. The van der Waals surface area contributed by atoms with Gasteiger partial charge in [-0.1, -0.05) is 17.7 Å². The molecule has 2 aromatic carbocycles. The minimum absolute atomic E-state index is 0.241. The Bertz CT molecular complexity index is 759. The van der Waals surface area contributed by atoms with Gasteiger partial charge in [0.1, 0.15) is 11.5 Å². The Morgan fingerprint density at radius 2 is 1.83 bits per heavy atom. The van der Waals surface area contributed by atoms with Gasteiger partial charge in [-0.05, 0) is 68.7 Å². The molecule has 128 valence electrons. The summed E-state index contributed by atoms with van der Waals surface area (Å²) in [5.74, 6) is 1.04. The van der Waals surface area contributed by atoms with Crippen LogP contribution in [0.3, 0.4) is 0 Å². The van der Waals surface area contributed by atoms with E-state index in [1.165, 1.54) is 0 Å². The summed E-state index contributed by atoms with van der Waals surface area (Å²) in [6, 6.07) is 9.12. The van der Waals surface area contributed by atoms with Crippen LogP contribution in [0.4, 0.5) is 5.69 Å². The molecule has 24 heavy (non-hydrogen) atoms. The van der Waals surface area contributed by atoms with Gasteiger partial charge >= 0.3 is 0 Å². The molecule has 0 aliphatic rings. The van der Waals surface area contributed by atoms with Crippen molar-refractivity contribution in [1.82, 2.24) is 0 Å². The van der Waals surface area contributed by atoms with Crippen LogP contribution in [0, 0.1) is 20.8 Å². The Hall–Kier alpha value is -2.20. The van der Waals surface area contributed by atoms with Crippen LogP contribution in [0.5, 0.6) is 11.5 Å². The average Bonchev–Trinajstić information content (AvgIpc) is 2.52. The number of ether oxygens (including phenoxy) is 2. The van der Waals surface area contributed by atoms with Crippen molar-refractivity contribution in [3.63, 3.8) is 0 Å². The number of aryl methyl sites for hydroxylation is 2. The molecule has 0 unspecified atom stereocenters. The number of hydrogen-bond acceptors (Lipinski definition) is 3. The third-order valence-corrected chi connectivity index (χ3v) is 4.15. The summed E-state index contributed by atoms with van der Waals surface area (Å²) >= 11 is 6.07. The molecular formula is C19H22ClNO3. The monoisotopic (exact) mass is 347 g/mol. The highest BCUT2D eigenvalue weighted by atomic mass is 35.5. The zero-order valence-electron chi connectivity index (χ0n) is 14.6. The van der Waals surface area contributed by atoms with Gasteiger partial charge in [-0.15, -0.1) is 0 Å². The van der Waals surface area contributed by atoms with E-state index in [-0.39, 0.29) is 5.91 Å². The number of amides is 1. The van der Waals surface area contributed by atoms with Gasteiger partial charge in [-0.3, -0.25) is 4.79 Å². The van der Waals surface area contributed by atoms with E-state index in [2.05, 4.69) is 11.4 Å². The van der Waals surface area contributed by atoms with Crippen molar-refractivity contribution in [3.05, 3.63) is 52.0 Å². The van der Waals surface area contributed by atoms with Gasteiger partial charge < -0.3 is 14.8 Å². The molecule has 0 bridgehead atoms. The highest BCUT2D eigenvalue weighted by Gasteiger charge is 2.17. The molecule has 0 aromatic heterocycles. The summed E-state index contributed by atoms with van der Waals surface area (Å²) in [7, 11) is 1.54. The molecule has 0 heterocycles. The number of hydrogen-bond donors (Lipinski definition) is 1. The third kappa shape index (κ3) is 4.20. The lowest BCUT2D eigenvalue weighted by molar-refractivity contribution is -0.122. The fraction of sp³-hybridized carbons (Fsp3) is 0.316. The van der Waals surface area contributed by atoms with E-state index in [9.17, 15) is 4.79 Å². The first-order chi connectivity index (χ1) is 11.3. The van der Waals surface area contributed by atoms with Crippen molar-refractivity contribution in [1.29, 1.82) is 0 Å². The van der Waals surface area contributed by atoms with E-state index in [4.69, 9.17) is 21.1 Å². The van der Waals surface area contributed by atoms with Gasteiger partial charge in [0.05, 0.1) is 12.1 Å². The molecule has 0 fully saturated rings. The molecule has 2 aromatic rings. The molecule has 0 spiro atoms. The van der Waals surface area contributed by atoms with E-state index in [1.807, 2.05) is 26.8 Å². The van der Waals surface area contributed by atoms with Crippen molar-refractivity contribution < 1.29 is 14.3 Å². The summed E-state index contributed by atoms with van der Waals surface area (Å²) in [6.07, 6.45) is -0.634. The number of benzene rings is 2. The first kappa shape index (κ1) is 18.1. The Morgan fingerprint density at radius 1 is 1.12 bits per heavy atom.